The molecule has 2 saturated heterocycles. The van der Waals surface area contributed by atoms with Crippen LogP contribution in [0.3, 0.4) is 0 Å². The Morgan fingerprint density at radius 3 is 2.60 bits per heavy atom. The van der Waals surface area contributed by atoms with Crippen molar-refractivity contribution in [3.63, 3.8) is 0 Å². The van der Waals surface area contributed by atoms with Gasteiger partial charge in [0.15, 0.2) is 11.5 Å². The smallest absolute Gasteiger partial charge is 0.228 e. The molecule has 0 N–H and O–H groups in total. The molecule has 2 aliphatic rings. The van der Waals surface area contributed by atoms with E-state index in [4.69, 9.17) is 9.47 Å². The first kappa shape index (κ1) is 17.6. The highest BCUT2D eigenvalue weighted by Gasteiger charge is 2.38. The van der Waals surface area contributed by atoms with E-state index in [2.05, 4.69) is 6.92 Å². The van der Waals surface area contributed by atoms with Gasteiger partial charge in [0.25, 0.3) is 0 Å². The average molecular weight is 346 g/mol. The molecule has 0 radical (unpaired) electrons. The minimum atomic E-state index is -0.263. The predicted octanol–water partition coefficient (Wildman–Crippen LogP) is 2.46. The molecule has 0 saturated carbocycles. The van der Waals surface area contributed by atoms with Crippen LogP contribution in [0.25, 0.3) is 0 Å². The molecule has 2 aliphatic heterocycles. The van der Waals surface area contributed by atoms with Crippen LogP contribution in [0.5, 0.6) is 11.5 Å². The second kappa shape index (κ2) is 7.33. The van der Waals surface area contributed by atoms with Gasteiger partial charge in [-0.3, -0.25) is 9.59 Å². The Morgan fingerprint density at radius 2 is 1.92 bits per heavy atom. The molecule has 1 aromatic rings. The topological polar surface area (TPSA) is 59.1 Å². The van der Waals surface area contributed by atoms with Crippen LogP contribution in [0.2, 0.25) is 0 Å². The third-order valence-corrected chi connectivity index (χ3v) is 5.24. The quantitative estimate of drug-likeness (QED) is 0.840. The maximum Gasteiger partial charge on any atom is 0.228 e. The number of ether oxygens (including phenoxy) is 2. The van der Waals surface area contributed by atoms with Crippen LogP contribution >= 0.6 is 0 Å². The van der Waals surface area contributed by atoms with Gasteiger partial charge in [0.2, 0.25) is 11.8 Å². The minimum Gasteiger partial charge on any atom is -0.493 e. The lowest BCUT2D eigenvalue weighted by atomic mass is 9.99. The molecule has 1 aromatic carbocycles. The number of nitrogens with zero attached hydrogens (tertiary/aromatic N) is 2. The van der Waals surface area contributed by atoms with Crippen LogP contribution in [-0.2, 0) is 9.59 Å². The summed E-state index contributed by atoms with van der Waals surface area (Å²) in [5.41, 5.74) is 0.740. The molecule has 0 bridgehead atoms. The van der Waals surface area contributed by atoms with Gasteiger partial charge < -0.3 is 19.3 Å². The van der Waals surface area contributed by atoms with Crippen molar-refractivity contribution in [2.45, 2.75) is 38.6 Å². The SMILES string of the molecule is COc1ccc(N2CC(C(=O)N3CCCCC3C)CC2=O)cc1OC. The van der Waals surface area contributed by atoms with Crippen LogP contribution in [0.15, 0.2) is 18.2 Å². The largest absolute Gasteiger partial charge is 0.493 e. The van der Waals surface area contributed by atoms with Gasteiger partial charge in [-0.25, -0.2) is 0 Å². The van der Waals surface area contributed by atoms with Gasteiger partial charge >= 0.3 is 0 Å². The first-order valence-electron chi connectivity index (χ1n) is 8.88. The molecule has 2 heterocycles. The number of carbonyl (C=O) groups excluding carboxylic acids is 2. The molecule has 2 amide bonds. The lowest BCUT2D eigenvalue weighted by molar-refractivity contribution is -0.139. The van der Waals surface area contributed by atoms with E-state index >= 15 is 0 Å². The van der Waals surface area contributed by atoms with E-state index < -0.39 is 0 Å². The molecule has 2 atom stereocenters. The van der Waals surface area contributed by atoms with E-state index in [1.165, 1.54) is 6.42 Å². The molecule has 3 rings (SSSR count). The molecule has 6 nitrogen and oxygen atoms in total. The summed E-state index contributed by atoms with van der Waals surface area (Å²) >= 11 is 0. The maximum absolute atomic E-state index is 12.9. The fourth-order valence-electron chi connectivity index (χ4n) is 3.78. The van der Waals surface area contributed by atoms with Crippen molar-refractivity contribution < 1.29 is 19.1 Å². The van der Waals surface area contributed by atoms with E-state index in [1.807, 2.05) is 11.0 Å². The van der Waals surface area contributed by atoms with E-state index in [0.29, 0.717) is 18.0 Å². The number of hydrogen-bond acceptors (Lipinski definition) is 4. The van der Waals surface area contributed by atoms with Gasteiger partial charge in [-0.05, 0) is 38.3 Å². The van der Waals surface area contributed by atoms with Crippen LogP contribution in [0.1, 0.15) is 32.6 Å². The first-order valence-corrected chi connectivity index (χ1v) is 8.88. The van der Waals surface area contributed by atoms with Crippen molar-refractivity contribution in [1.29, 1.82) is 0 Å². The minimum absolute atomic E-state index is 0.0183. The monoisotopic (exact) mass is 346 g/mol. The molecule has 2 unspecified atom stereocenters. The van der Waals surface area contributed by atoms with E-state index in [9.17, 15) is 9.59 Å². The number of hydrogen-bond donors (Lipinski definition) is 0. The van der Waals surface area contributed by atoms with E-state index in [0.717, 1.165) is 25.1 Å². The molecule has 6 heteroatoms. The Kier molecular flexibility index (Phi) is 5.16. The van der Waals surface area contributed by atoms with Crippen molar-refractivity contribution in [3.05, 3.63) is 18.2 Å². The molecule has 0 spiro atoms. The van der Waals surface area contributed by atoms with Crippen LogP contribution in [0, 0.1) is 5.92 Å². The number of anilines is 1. The third-order valence-electron chi connectivity index (χ3n) is 5.24. The normalized spacial score (nSPS) is 23.7. The molecule has 25 heavy (non-hydrogen) atoms. The summed E-state index contributed by atoms with van der Waals surface area (Å²) in [6, 6.07) is 5.66. The Morgan fingerprint density at radius 1 is 1.16 bits per heavy atom. The fraction of sp³-hybridized carbons (Fsp3) is 0.579. The number of likely N-dealkylation sites (tertiary alicyclic amines) is 1. The second-order valence-electron chi connectivity index (χ2n) is 6.82. The molecule has 0 aromatic heterocycles. The number of piperidine rings is 1. The predicted molar refractivity (Wildman–Crippen MR) is 95.0 cm³/mol. The Labute approximate surface area is 148 Å². The summed E-state index contributed by atoms with van der Waals surface area (Å²) in [5.74, 6) is 1.03. The Hall–Kier alpha value is -2.24. The molecular weight excluding hydrogens is 320 g/mol. The van der Waals surface area contributed by atoms with Gasteiger partial charge in [0, 0.05) is 37.3 Å². The van der Waals surface area contributed by atoms with Crippen LogP contribution < -0.4 is 14.4 Å². The van der Waals surface area contributed by atoms with Crippen molar-refractivity contribution in [2.75, 3.05) is 32.2 Å². The summed E-state index contributed by atoms with van der Waals surface area (Å²) in [6.45, 7) is 3.33. The van der Waals surface area contributed by atoms with Crippen molar-refractivity contribution in [2.24, 2.45) is 5.92 Å². The molecule has 136 valence electrons. The van der Waals surface area contributed by atoms with Gasteiger partial charge in [0.1, 0.15) is 0 Å². The summed E-state index contributed by atoms with van der Waals surface area (Å²) in [5, 5.41) is 0. The zero-order chi connectivity index (χ0) is 18.0. The molecule has 2 fully saturated rings. The highest BCUT2D eigenvalue weighted by Crippen LogP contribution is 2.34. The summed E-state index contributed by atoms with van der Waals surface area (Å²) in [7, 11) is 3.14. The number of benzene rings is 1. The Balaban J connectivity index is 1.75. The Bertz CT molecular complexity index is 661. The maximum atomic E-state index is 12.9. The van der Waals surface area contributed by atoms with Gasteiger partial charge in [-0.1, -0.05) is 0 Å². The van der Waals surface area contributed by atoms with Crippen molar-refractivity contribution in [3.8, 4) is 11.5 Å². The number of amides is 2. The van der Waals surface area contributed by atoms with Crippen LogP contribution in [-0.4, -0.2) is 50.1 Å². The third kappa shape index (κ3) is 3.43. The van der Waals surface area contributed by atoms with Crippen LogP contribution in [0.4, 0.5) is 5.69 Å². The standard InChI is InChI=1S/C19H26N2O4/c1-13-6-4-5-9-20(13)19(23)14-10-18(22)21(12-14)15-7-8-16(24-2)17(11-15)25-3/h7-8,11,13-14H,4-6,9-10,12H2,1-3H3. The fourth-order valence-corrected chi connectivity index (χ4v) is 3.78. The average Bonchev–Trinajstić information content (AvgIpc) is 3.02. The number of carbonyl (C=O) groups is 2. The number of methoxy groups -OCH3 is 2. The van der Waals surface area contributed by atoms with Gasteiger partial charge in [0.05, 0.1) is 20.1 Å². The number of rotatable bonds is 4. The van der Waals surface area contributed by atoms with Crippen molar-refractivity contribution >= 4 is 17.5 Å². The zero-order valence-corrected chi connectivity index (χ0v) is 15.2. The molecule has 0 aliphatic carbocycles. The lowest BCUT2D eigenvalue weighted by Crippen LogP contribution is -2.45. The second-order valence-corrected chi connectivity index (χ2v) is 6.82. The van der Waals surface area contributed by atoms with Crippen molar-refractivity contribution in [1.82, 2.24) is 4.90 Å². The summed E-state index contributed by atoms with van der Waals surface area (Å²) in [6.07, 6.45) is 3.55. The lowest BCUT2D eigenvalue weighted by Gasteiger charge is -2.35. The molecular formula is C19H26N2O4. The van der Waals surface area contributed by atoms with E-state index in [1.54, 1.807) is 31.3 Å². The summed E-state index contributed by atoms with van der Waals surface area (Å²) < 4.78 is 10.6. The summed E-state index contributed by atoms with van der Waals surface area (Å²) in [4.78, 5) is 29.0. The zero-order valence-electron chi connectivity index (χ0n) is 15.2. The van der Waals surface area contributed by atoms with E-state index in [-0.39, 0.29) is 30.2 Å². The highest BCUT2D eigenvalue weighted by atomic mass is 16.5. The first-order chi connectivity index (χ1) is 12.0. The highest BCUT2D eigenvalue weighted by molar-refractivity contribution is 6.00. The van der Waals surface area contributed by atoms with Gasteiger partial charge in [-0.2, -0.15) is 0 Å². The van der Waals surface area contributed by atoms with Gasteiger partial charge in [-0.15, -0.1) is 0 Å².